The normalized spacial score (nSPS) is 15.8. The number of sulfonamides is 1. The van der Waals surface area contributed by atoms with E-state index >= 15 is 0 Å². The average molecular weight is 463 g/mol. The van der Waals surface area contributed by atoms with Crippen LogP contribution in [-0.2, 0) is 16.4 Å². The number of halogens is 1. The molecule has 0 unspecified atom stereocenters. The lowest BCUT2D eigenvalue weighted by molar-refractivity contribution is 0.186. The van der Waals surface area contributed by atoms with E-state index in [0.29, 0.717) is 55.9 Å². The Morgan fingerprint density at radius 2 is 1.81 bits per heavy atom. The third-order valence-corrected chi connectivity index (χ3v) is 7.36. The van der Waals surface area contributed by atoms with Crippen LogP contribution in [0.25, 0.3) is 11.5 Å². The van der Waals surface area contributed by atoms with E-state index in [0.717, 1.165) is 5.56 Å². The van der Waals surface area contributed by atoms with Crippen LogP contribution in [0.3, 0.4) is 0 Å². The summed E-state index contributed by atoms with van der Waals surface area (Å²) in [5.41, 5.74) is 0.886. The Balaban J connectivity index is 1.34. The van der Waals surface area contributed by atoms with E-state index in [-0.39, 0.29) is 10.6 Å². The Hall–Kier alpha value is -2.46. The van der Waals surface area contributed by atoms with Crippen molar-refractivity contribution >= 4 is 21.6 Å². The van der Waals surface area contributed by atoms with E-state index in [4.69, 9.17) is 20.8 Å². The Bertz CT molecular complexity index is 1130. The van der Waals surface area contributed by atoms with Crippen molar-refractivity contribution in [3.8, 4) is 17.2 Å². The molecule has 0 amide bonds. The summed E-state index contributed by atoms with van der Waals surface area (Å²) in [6.45, 7) is 2.71. The summed E-state index contributed by atoms with van der Waals surface area (Å²) in [5.74, 6) is 1.36. The van der Waals surface area contributed by atoms with E-state index in [9.17, 15) is 8.42 Å². The molecule has 31 heavy (non-hydrogen) atoms. The van der Waals surface area contributed by atoms with Crippen molar-refractivity contribution in [2.45, 2.75) is 11.3 Å². The number of methoxy groups -OCH3 is 1. The van der Waals surface area contributed by atoms with Crippen molar-refractivity contribution < 1.29 is 17.6 Å². The maximum Gasteiger partial charge on any atom is 0.247 e. The van der Waals surface area contributed by atoms with E-state index < -0.39 is 10.0 Å². The number of benzene rings is 2. The van der Waals surface area contributed by atoms with Crippen LogP contribution in [-0.4, -0.2) is 67.7 Å². The Kier molecular flexibility index (Phi) is 6.57. The summed E-state index contributed by atoms with van der Waals surface area (Å²) < 4.78 is 38.6. The zero-order valence-electron chi connectivity index (χ0n) is 17.1. The van der Waals surface area contributed by atoms with Crippen molar-refractivity contribution in [1.29, 1.82) is 0 Å². The second-order valence-electron chi connectivity index (χ2n) is 7.16. The molecule has 1 fully saturated rings. The summed E-state index contributed by atoms with van der Waals surface area (Å²) in [5, 5.41) is 8.58. The second kappa shape index (κ2) is 9.35. The number of piperazine rings is 1. The maximum absolute atomic E-state index is 13.1. The van der Waals surface area contributed by atoms with Gasteiger partial charge in [-0.1, -0.05) is 29.8 Å². The molecule has 2 heterocycles. The van der Waals surface area contributed by atoms with Crippen LogP contribution in [0, 0.1) is 0 Å². The summed E-state index contributed by atoms with van der Waals surface area (Å²) in [7, 11) is -2.24. The van der Waals surface area contributed by atoms with Gasteiger partial charge in [-0.25, -0.2) is 8.42 Å². The third-order valence-electron chi connectivity index (χ3n) is 5.20. The average Bonchev–Trinajstić information content (AvgIpc) is 3.28. The van der Waals surface area contributed by atoms with E-state index in [1.54, 1.807) is 12.1 Å². The number of nitrogens with zero attached hydrogens (tertiary/aromatic N) is 4. The highest BCUT2D eigenvalue weighted by Gasteiger charge is 2.31. The van der Waals surface area contributed by atoms with E-state index in [1.165, 1.54) is 17.5 Å². The van der Waals surface area contributed by atoms with Crippen molar-refractivity contribution in [1.82, 2.24) is 19.4 Å². The zero-order valence-corrected chi connectivity index (χ0v) is 18.6. The van der Waals surface area contributed by atoms with Gasteiger partial charge in [0.15, 0.2) is 0 Å². The molecule has 8 nitrogen and oxygen atoms in total. The van der Waals surface area contributed by atoms with Crippen LogP contribution >= 0.6 is 11.6 Å². The molecular formula is C21H23ClN4O4S. The van der Waals surface area contributed by atoms with Crippen LogP contribution in [0.15, 0.2) is 57.8 Å². The minimum Gasteiger partial charge on any atom is -0.495 e. The second-order valence-corrected chi connectivity index (χ2v) is 9.50. The van der Waals surface area contributed by atoms with Gasteiger partial charge in [0.2, 0.25) is 21.8 Å². The number of rotatable bonds is 7. The first kappa shape index (κ1) is 21.8. The zero-order chi connectivity index (χ0) is 21.8. The number of hydrogen-bond donors (Lipinski definition) is 0. The Morgan fingerprint density at radius 1 is 1.06 bits per heavy atom. The molecule has 0 N–H and O–H groups in total. The lowest BCUT2D eigenvalue weighted by Crippen LogP contribution is -2.49. The van der Waals surface area contributed by atoms with Crippen molar-refractivity contribution in [3.63, 3.8) is 0 Å². The first-order valence-corrected chi connectivity index (χ1v) is 11.7. The van der Waals surface area contributed by atoms with Crippen LogP contribution in [0.1, 0.15) is 5.89 Å². The highest BCUT2D eigenvalue weighted by Crippen LogP contribution is 2.30. The predicted molar refractivity (Wildman–Crippen MR) is 117 cm³/mol. The van der Waals surface area contributed by atoms with Gasteiger partial charge in [-0.05, 0) is 30.3 Å². The number of hydrogen-bond acceptors (Lipinski definition) is 7. The molecule has 0 saturated carbocycles. The first-order chi connectivity index (χ1) is 15.0. The Labute approximate surface area is 186 Å². The standard InChI is InChI=1S/C21H23ClN4O4S/c1-29-18-8-7-17(22)15-19(18)31(27,28)26-13-11-25(12-14-26)10-9-20-23-24-21(30-20)16-5-3-2-4-6-16/h2-8,15H,9-14H2,1H3. The van der Waals surface area contributed by atoms with Gasteiger partial charge in [0, 0.05) is 49.7 Å². The monoisotopic (exact) mass is 462 g/mol. The minimum absolute atomic E-state index is 0.0928. The third kappa shape index (κ3) is 4.90. The minimum atomic E-state index is -3.69. The molecule has 1 aliphatic rings. The highest BCUT2D eigenvalue weighted by atomic mass is 35.5. The van der Waals surface area contributed by atoms with Crippen molar-refractivity contribution in [2.75, 3.05) is 39.8 Å². The molecule has 1 aliphatic heterocycles. The van der Waals surface area contributed by atoms with Gasteiger partial charge < -0.3 is 14.1 Å². The van der Waals surface area contributed by atoms with Gasteiger partial charge in [0.05, 0.1) is 7.11 Å². The van der Waals surface area contributed by atoms with Gasteiger partial charge in [0.25, 0.3) is 0 Å². The van der Waals surface area contributed by atoms with Gasteiger partial charge >= 0.3 is 0 Å². The summed E-state index contributed by atoms with van der Waals surface area (Å²) in [6, 6.07) is 14.2. The lowest BCUT2D eigenvalue weighted by Gasteiger charge is -2.33. The quantitative estimate of drug-likeness (QED) is 0.533. The van der Waals surface area contributed by atoms with Crippen LogP contribution in [0.5, 0.6) is 5.75 Å². The molecule has 0 radical (unpaired) electrons. The Morgan fingerprint density at radius 3 is 2.52 bits per heavy atom. The molecule has 4 rings (SSSR count). The molecule has 3 aromatic rings. The lowest BCUT2D eigenvalue weighted by atomic mass is 10.2. The van der Waals surface area contributed by atoms with Gasteiger partial charge in [-0.3, -0.25) is 0 Å². The smallest absolute Gasteiger partial charge is 0.247 e. The molecule has 1 aromatic heterocycles. The SMILES string of the molecule is COc1ccc(Cl)cc1S(=O)(=O)N1CCN(CCc2nnc(-c3ccccc3)o2)CC1. The molecular weight excluding hydrogens is 440 g/mol. The molecule has 164 valence electrons. The summed E-state index contributed by atoms with van der Waals surface area (Å²) >= 11 is 6.02. The summed E-state index contributed by atoms with van der Waals surface area (Å²) in [6.07, 6.45) is 0.606. The molecule has 2 aromatic carbocycles. The fourth-order valence-electron chi connectivity index (χ4n) is 3.49. The van der Waals surface area contributed by atoms with Gasteiger partial charge in [-0.15, -0.1) is 10.2 Å². The van der Waals surface area contributed by atoms with Crippen LogP contribution in [0.2, 0.25) is 5.02 Å². The maximum atomic E-state index is 13.1. The highest BCUT2D eigenvalue weighted by molar-refractivity contribution is 7.89. The van der Waals surface area contributed by atoms with E-state index in [2.05, 4.69) is 15.1 Å². The van der Waals surface area contributed by atoms with Crippen LogP contribution in [0.4, 0.5) is 0 Å². The van der Waals surface area contributed by atoms with Gasteiger partial charge in [-0.2, -0.15) is 4.31 Å². The molecule has 0 spiro atoms. The van der Waals surface area contributed by atoms with Crippen LogP contribution < -0.4 is 4.74 Å². The first-order valence-electron chi connectivity index (χ1n) is 9.91. The summed E-state index contributed by atoms with van der Waals surface area (Å²) in [4.78, 5) is 2.28. The fraction of sp³-hybridized carbons (Fsp3) is 0.333. The van der Waals surface area contributed by atoms with Crippen molar-refractivity contribution in [2.24, 2.45) is 0 Å². The molecule has 10 heteroatoms. The molecule has 1 saturated heterocycles. The van der Waals surface area contributed by atoms with Crippen molar-refractivity contribution in [3.05, 3.63) is 59.4 Å². The molecule has 0 bridgehead atoms. The fourth-order valence-corrected chi connectivity index (χ4v) is 5.33. The molecule has 0 aliphatic carbocycles. The predicted octanol–water partition coefficient (Wildman–Crippen LogP) is 2.95. The van der Waals surface area contributed by atoms with Gasteiger partial charge in [0.1, 0.15) is 10.6 Å². The molecule has 0 atom stereocenters. The largest absolute Gasteiger partial charge is 0.495 e. The van der Waals surface area contributed by atoms with E-state index in [1.807, 2.05) is 30.3 Å². The number of ether oxygens (including phenoxy) is 1. The number of aromatic nitrogens is 2. The topological polar surface area (TPSA) is 88.8 Å².